The molecule has 1 saturated heterocycles. The monoisotopic (exact) mass is 265 g/mol. The van der Waals surface area contributed by atoms with E-state index in [-0.39, 0.29) is 11.8 Å². The summed E-state index contributed by atoms with van der Waals surface area (Å²) in [6.45, 7) is 4.21. The molecular formula is C14H19NO4. The molecule has 0 aliphatic carbocycles. The van der Waals surface area contributed by atoms with Crippen molar-refractivity contribution < 1.29 is 19.7 Å². The van der Waals surface area contributed by atoms with E-state index >= 15 is 0 Å². The molecule has 1 heterocycles. The highest BCUT2D eigenvalue weighted by Crippen LogP contribution is 2.42. The molecule has 0 amide bonds. The van der Waals surface area contributed by atoms with Crippen LogP contribution in [0.15, 0.2) is 6.07 Å². The second-order valence-corrected chi connectivity index (χ2v) is 5.04. The second-order valence-electron chi connectivity index (χ2n) is 5.04. The average Bonchev–Trinajstić information content (AvgIpc) is 2.78. The third-order valence-corrected chi connectivity index (χ3v) is 3.72. The molecule has 1 aromatic rings. The van der Waals surface area contributed by atoms with Crippen LogP contribution in [0.3, 0.4) is 0 Å². The number of phenolic OH excluding ortho intramolecular Hbond substituents is 1. The Morgan fingerprint density at radius 1 is 1.42 bits per heavy atom. The third-order valence-electron chi connectivity index (χ3n) is 3.72. The lowest BCUT2D eigenvalue weighted by Gasteiger charge is -2.19. The number of ether oxygens (including phenoxy) is 1. The molecule has 0 saturated carbocycles. The highest BCUT2D eigenvalue weighted by atomic mass is 16.5. The van der Waals surface area contributed by atoms with E-state index in [2.05, 4.69) is 5.32 Å². The Bertz CT molecular complexity index is 513. The zero-order chi connectivity index (χ0) is 14.2. The Kier molecular flexibility index (Phi) is 3.66. The number of rotatable bonds is 3. The maximum Gasteiger partial charge on any atom is 0.307 e. The van der Waals surface area contributed by atoms with E-state index < -0.39 is 11.9 Å². The normalized spacial score (nSPS) is 22.5. The SMILES string of the molecule is COc1c(C)cc(C)c(C2CC(C(=O)O)CN2)c1O. The van der Waals surface area contributed by atoms with E-state index in [9.17, 15) is 9.90 Å². The van der Waals surface area contributed by atoms with Gasteiger partial charge >= 0.3 is 5.97 Å². The Hall–Kier alpha value is -1.75. The summed E-state index contributed by atoms with van der Waals surface area (Å²) in [6.07, 6.45) is 0.482. The van der Waals surface area contributed by atoms with Crippen LogP contribution in [0.5, 0.6) is 11.5 Å². The van der Waals surface area contributed by atoms with E-state index in [1.807, 2.05) is 19.9 Å². The number of carboxylic acid groups (broad SMARTS) is 1. The molecule has 1 aromatic carbocycles. The molecule has 5 nitrogen and oxygen atoms in total. The summed E-state index contributed by atoms with van der Waals surface area (Å²) in [7, 11) is 1.52. The van der Waals surface area contributed by atoms with Crippen LogP contribution in [-0.2, 0) is 4.79 Å². The Morgan fingerprint density at radius 2 is 2.11 bits per heavy atom. The van der Waals surface area contributed by atoms with Crippen molar-refractivity contribution in [2.45, 2.75) is 26.3 Å². The van der Waals surface area contributed by atoms with Crippen molar-refractivity contribution in [2.75, 3.05) is 13.7 Å². The van der Waals surface area contributed by atoms with Crippen LogP contribution in [0.2, 0.25) is 0 Å². The number of methoxy groups -OCH3 is 1. The number of carboxylic acids is 1. The van der Waals surface area contributed by atoms with Gasteiger partial charge in [0, 0.05) is 18.2 Å². The Morgan fingerprint density at radius 3 is 2.63 bits per heavy atom. The number of carbonyl (C=O) groups is 1. The van der Waals surface area contributed by atoms with E-state index in [1.165, 1.54) is 7.11 Å². The van der Waals surface area contributed by atoms with Gasteiger partial charge in [-0.2, -0.15) is 0 Å². The fraction of sp³-hybridized carbons (Fsp3) is 0.500. The molecule has 104 valence electrons. The summed E-state index contributed by atoms with van der Waals surface area (Å²) < 4.78 is 5.21. The maximum atomic E-state index is 11.0. The minimum atomic E-state index is -0.800. The third kappa shape index (κ3) is 2.38. The van der Waals surface area contributed by atoms with Crippen LogP contribution in [0.25, 0.3) is 0 Å². The van der Waals surface area contributed by atoms with Gasteiger partial charge in [0.05, 0.1) is 13.0 Å². The topological polar surface area (TPSA) is 78.8 Å². The molecule has 1 aliphatic heterocycles. The quantitative estimate of drug-likeness (QED) is 0.776. The summed E-state index contributed by atoms with van der Waals surface area (Å²) in [5, 5.41) is 22.5. The van der Waals surface area contributed by atoms with Crippen molar-refractivity contribution in [1.82, 2.24) is 5.32 Å². The zero-order valence-corrected chi connectivity index (χ0v) is 11.4. The van der Waals surface area contributed by atoms with Crippen LogP contribution in [-0.4, -0.2) is 29.8 Å². The summed E-state index contributed by atoms with van der Waals surface area (Å²) >= 11 is 0. The van der Waals surface area contributed by atoms with Gasteiger partial charge in [0.15, 0.2) is 11.5 Å². The largest absolute Gasteiger partial charge is 0.504 e. The highest BCUT2D eigenvalue weighted by molar-refractivity contribution is 5.71. The number of hydrogen-bond donors (Lipinski definition) is 3. The molecule has 19 heavy (non-hydrogen) atoms. The van der Waals surface area contributed by atoms with Crippen LogP contribution in [0.1, 0.15) is 29.2 Å². The lowest BCUT2D eigenvalue weighted by atomic mass is 9.94. The van der Waals surface area contributed by atoms with Gasteiger partial charge in [0.2, 0.25) is 0 Å². The molecule has 0 spiro atoms. The van der Waals surface area contributed by atoms with Crippen molar-refractivity contribution in [1.29, 1.82) is 0 Å². The molecule has 0 bridgehead atoms. The number of hydrogen-bond acceptors (Lipinski definition) is 4. The average molecular weight is 265 g/mol. The van der Waals surface area contributed by atoms with Crippen molar-refractivity contribution in [3.05, 3.63) is 22.8 Å². The van der Waals surface area contributed by atoms with Gasteiger partial charge in [-0.15, -0.1) is 0 Å². The van der Waals surface area contributed by atoms with Gasteiger partial charge in [0.25, 0.3) is 0 Å². The summed E-state index contributed by atoms with van der Waals surface area (Å²) in [4.78, 5) is 11.0. The molecule has 5 heteroatoms. The van der Waals surface area contributed by atoms with Gasteiger partial charge in [-0.3, -0.25) is 4.79 Å². The zero-order valence-electron chi connectivity index (χ0n) is 11.4. The number of aromatic hydroxyl groups is 1. The summed E-state index contributed by atoms with van der Waals surface area (Å²) in [5.41, 5.74) is 2.56. The van der Waals surface area contributed by atoms with Crippen molar-refractivity contribution in [3.8, 4) is 11.5 Å². The Labute approximate surface area is 112 Å². The number of phenols is 1. The first-order chi connectivity index (χ1) is 8.95. The Balaban J connectivity index is 2.38. The molecule has 3 N–H and O–H groups in total. The summed E-state index contributed by atoms with van der Waals surface area (Å²) in [5.74, 6) is -0.632. The standard InChI is InChI=1S/C14H19NO4/c1-7-4-8(2)13(19-3)12(16)11(7)10-5-9(6-15-10)14(17)18/h4,9-10,15-16H,5-6H2,1-3H3,(H,17,18). The van der Waals surface area contributed by atoms with E-state index in [1.54, 1.807) is 0 Å². The fourth-order valence-corrected chi connectivity index (χ4v) is 2.81. The minimum absolute atomic E-state index is 0.114. The van der Waals surface area contributed by atoms with Gasteiger partial charge in [-0.1, -0.05) is 6.07 Å². The summed E-state index contributed by atoms with van der Waals surface area (Å²) in [6, 6.07) is 1.81. The fourth-order valence-electron chi connectivity index (χ4n) is 2.81. The van der Waals surface area contributed by atoms with Gasteiger partial charge < -0.3 is 20.3 Å². The molecule has 0 aromatic heterocycles. The van der Waals surface area contributed by atoms with Crippen LogP contribution in [0, 0.1) is 19.8 Å². The first-order valence-corrected chi connectivity index (χ1v) is 6.29. The second kappa shape index (κ2) is 5.09. The van der Waals surface area contributed by atoms with Gasteiger partial charge in [-0.25, -0.2) is 0 Å². The van der Waals surface area contributed by atoms with Crippen LogP contribution < -0.4 is 10.1 Å². The molecule has 2 rings (SSSR count). The lowest BCUT2D eigenvalue weighted by Crippen LogP contribution is -2.17. The number of nitrogens with one attached hydrogen (secondary N) is 1. The molecule has 1 fully saturated rings. The highest BCUT2D eigenvalue weighted by Gasteiger charge is 2.33. The van der Waals surface area contributed by atoms with E-state index in [0.29, 0.717) is 18.7 Å². The van der Waals surface area contributed by atoms with E-state index in [0.717, 1.165) is 16.7 Å². The molecule has 2 atom stereocenters. The molecule has 0 radical (unpaired) electrons. The van der Waals surface area contributed by atoms with E-state index in [4.69, 9.17) is 9.84 Å². The predicted octanol–water partition coefficient (Wildman–Crippen LogP) is 1.75. The first kappa shape index (κ1) is 13.7. The van der Waals surface area contributed by atoms with Gasteiger partial charge in [0.1, 0.15) is 0 Å². The smallest absolute Gasteiger partial charge is 0.307 e. The number of aryl methyl sites for hydroxylation is 2. The first-order valence-electron chi connectivity index (χ1n) is 6.29. The van der Waals surface area contributed by atoms with Crippen molar-refractivity contribution in [3.63, 3.8) is 0 Å². The molecular weight excluding hydrogens is 246 g/mol. The predicted molar refractivity (Wildman–Crippen MR) is 70.6 cm³/mol. The van der Waals surface area contributed by atoms with Gasteiger partial charge in [-0.05, 0) is 31.4 Å². The number of benzene rings is 1. The minimum Gasteiger partial charge on any atom is -0.504 e. The molecule has 2 unspecified atom stereocenters. The molecule has 1 aliphatic rings. The maximum absolute atomic E-state index is 11.0. The van der Waals surface area contributed by atoms with Crippen molar-refractivity contribution in [2.24, 2.45) is 5.92 Å². The van der Waals surface area contributed by atoms with Crippen LogP contribution in [0.4, 0.5) is 0 Å². The van der Waals surface area contributed by atoms with Crippen LogP contribution >= 0.6 is 0 Å². The number of aliphatic carboxylic acids is 1. The van der Waals surface area contributed by atoms with Crippen molar-refractivity contribution >= 4 is 5.97 Å². The lowest BCUT2D eigenvalue weighted by molar-refractivity contribution is -0.141.